The zero-order valence-corrected chi connectivity index (χ0v) is 11.3. The molecule has 0 aromatic rings. The summed E-state index contributed by atoms with van der Waals surface area (Å²) in [6.45, 7) is 1.58. The summed E-state index contributed by atoms with van der Waals surface area (Å²) < 4.78 is 0. The van der Waals surface area contributed by atoms with Crippen molar-refractivity contribution in [2.24, 2.45) is 29.6 Å². The van der Waals surface area contributed by atoms with Crippen LogP contribution in [0.4, 0.5) is 0 Å². The third-order valence-corrected chi connectivity index (χ3v) is 5.26. The van der Waals surface area contributed by atoms with Crippen molar-refractivity contribution in [3.63, 3.8) is 0 Å². The predicted octanol–water partition coefficient (Wildman–Crippen LogP) is 0.808. The molecule has 0 saturated heterocycles. The number of hydrogen-bond acceptors (Lipinski definition) is 4. The van der Waals surface area contributed by atoms with Gasteiger partial charge in [0, 0.05) is 17.4 Å². The number of carboxylic acids is 1. The van der Waals surface area contributed by atoms with Crippen molar-refractivity contribution in [3.8, 4) is 0 Å². The first kappa shape index (κ1) is 13.5. The van der Waals surface area contributed by atoms with Crippen molar-refractivity contribution < 1.29 is 24.6 Å². The molecule has 0 spiro atoms. The molecule has 3 aliphatic carbocycles. The molecule has 0 aliphatic heterocycles. The molecule has 0 heterocycles. The molecule has 0 aromatic heterocycles. The molecule has 5 nitrogen and oxygen atoms in total. The van der Waals surface area contributed by atoms with Crippen molar-refractivity contribution in [2.45, 2.75) is 32.3 Å². The van der Waals surface area contributed by atoms with E-state index in [4.69, 9.17) is 0 Å². The minimum absolute atomic E-state index is 0.0210. The van der Waals surface area contributed by atoms with Gasteiger partial charge >= 0.3 is 5.97 Å². The predicted molar refractivity (Wildman–Crippen MR) is 68.7 cm³/mol. The fourth-order valence-corrected chi connectivity index (χ4v) is 4.57. The van der Waals surface area contributed by atoms with Gasteiger partial charge in [-0.15, -0.1) is 0 Å². The van der Waals surface area contributed by atoms with Crippen LogP contribution in [-0.2, 0) is 14.4 Å². The van der Waals surface area contributed by atoms with Crippen LogP contribution in [0.5, 0.6) is 0 Å². The molecule has 20 heavy (non-hydrogen) atoms. The van der Waals surface area contributed by atoms with Gasteiger partial charge in [0.1, 0.15) is 12.1 Å². The third kappa shape index (κ3) is 1.56. The molecule has 0 radical (unpaired) electrons. The summed E-state index contributed by atoms with van der Waals surface area (Å²) in [5.41, 5.74) is 0.823. The number of aliphatic carboxylic acids is 1. The quantitative estimate of drug-likeness (QED) is 0.745. The van der Waals surface area contributed by atoms with E-state index in [-0.39, 0.29) is 29.1 Å². The van der Waals surface area contributed by atoms with Gasteiger partial charge in [-0.1, -0.05) is 6.42 Å². The third-order valence-electron chi connectivity index (χ3n) is 5.26. The lowest BCUT2D eigenvalue weighted by molar-refractivity contribution is -0.151. The topological polar surface area (TPSA) is 91.7 Å². The highest BCUT2D eigenvalue weighted by Crippen LogP contribution is 2.60. The van der Waals surface area contributed by atoms with Gasteiger partial charge < -0.3 is 15.0 Å². The highest BCUT2D eigenvalue weighted by molar-refractivity contribution is 6.04. The molecule has 3 aliphatic rings. The van der Waals surface area contributed by atoms with E-state index in [1.165, 1.54) is 0 Å². The van der Waals surface area contributed by atoms with Gasteiger partial charge in [-0.05, 0) is 37.2 Å². The van der Waals surface area contributed by atoms with E-state index >= 15 is 0 Å². The molecular formula is C15H18O5. The Balaban J connectivity index is 2.06. The summed E-state index contributed by atoms with van der Waals surface area (Å²) in [6.07, 6.45) is 2.41. The number of carboxylic acid groups (broad SMARTS) is 1. The number of Topliss-reactive ketones (excluding diaryl/α,β-unsaturated/α-hetero) is 1. The van der Waals surface area contributed by atoms with Crippen molar-refractivity contribution in [1.29, 1.82) is 0 Å². The number of carbonyl (C=O) groups excluding carboxylic acids is 2. The average molecular weight is 278 g/mol. The Kier molecular flexibility index (Phi) is 3.05. The Hall–Kier alpha value is -1.49. The van der Waals surface area contributed by atoms with E-state index in [1.54, 1.807) is 6.92 Å². The molecule has 2 saturated carbocycles. The number of aliphatic hydroxyl groups is 1. The summed E-state index contributed by atoms with van der Waals surface area (Å²) in [7, 11) is 0. The second-order valence-corrected chi connectivity index (χ2v) is 6.18. The summed E-state index contributed by atoms with van der Waals surface area (Å²) in [4.78, 5) is 35.0. The molecule has 108 valence electrons. The standard InChI is InChI=1S/C15H18O5/c1-6(17)9-11-8-4-2-3-7(5-16)10(8)13(15(19)20)12(11)14(9)18/h5-9,11-12,17H,2-4H2,1H3,(H,19,20)/t6-,7-,8+,9?,11-,12?/m1/s1. The van der Waals surface area contributed by atoms with Crippen LogP contribution in [0.15, 0.2) is 11.1 Å². The molecule has 0 aromatic carbocycles. The molecule has 5 heteroatoms. The monoisotopic (exact) mass is 278 g/mol. The molecule has 6 atom stereocenters. The molecule has 0 amide bonds. The van der Waals surface area contributed by atoms with Crippen LogP contribution in [-0.4, -0.2) is 34.4 Å². The number of aliphatic hydroxyl groups excluding tert-OH is 1. The van der Waals surface area contributed by atoms with Crippen LogP contribution in [0.3, 0.4) is 0 Å². The number of carbonyl (C=O) groups is 3. The number of aldehydes is 1. The van der Waals surface area contributed by atoms with Crippen molar-refractivity contribution in [3.05, 3.63) is 11.1 Å². The van der Waals surface area contributed by atoms with Crippen molar-refractivity contribution in [1.82, 2.24) is 0 Å². The maximum Gasteiger partial charge on any atom is 0.332 e. The van der Waals surface area contributed by atoms with Crippen LogP contribution in [0, 0.1) is 29.6 Å². The first-order valence-electron chi connectivity index (χ1n) is 7.13. The summed E-state index contributed by atoms with van der Waals surface area (Å²) >= 11 is 0. The fraction of sp³-hybridized carbons (Fsp3) is 0.667. The van der Waals surface area contributed by atoms with E-state index in [0.29, 0.717) is 12.0 Å². The zero-order valence-electron chi connectivity index (χ0n) is 11.3. The molecular weight excluding hydrogens is 260 g/mol. The second kappa shape index (κ2) is 4.52. The van der Waals surface area contributed by atoms with E-state index in [9.17, 15) is 24.6 Å². The highest BCUT2D eigenvalue weighted by Gasteiger charge is 2.63. The van der Waals surface area contributed by atoms with Gasteiger partial charge in [0.25, 0.3) is 0 Å². The summed E-state index contributed by atoms with van der Waals surface area (Å²) in [6, 6.07) is 0. The van der Waals surface area contributed by atoms with Gasteiger partial charge in [0.15, 0.2) is 0 Å². The lowest BCUT2D eigenvalue weighted by Crippen LogP contribution is -2.53. The van der Waals surface area contributed by atoms with E-state index in [0.717, 1.165) is 19.1 Å². The first-order chi connectivity index (χ1) is 9.49. The Morgan fingerprint density at radius 1 is 1.40 bits per heavy atom. The lowest BCUT2D eigenvalue weighted by atomic mass is 9.57. The molecule has 2 N–H and O–H groups in total. The minimum atomic E-state index is -1.08. The van der Waals surface area contributed by atoms with Crippen LogP contribution >= 0.6 is 0 Å². The van der Waals surface area contributed by atoms with Gasteiger partial charge in [0.2, 0.25) is 0 Å². The molecule has 0 bridgehead atoms. The Bertz CT molecular complexity index is 518. The van der Waals surface area contributed by atoms with Crippen molar-refractivity contribution in [2.75, 3.05) is 0 Å². The van der Waals surface area contributed by atoms with Gasteiger partial charge in [0.05, 0.1) is 12.0 Å². The number of ketones is 1. The Labute approximate surface area is 116 Å². The van der Waals surface area contributed by atoms with Gasteiger partial charge in [-0.25, -0.2) is 4.79 Å². The van der Waals surface area contributed by atoms with Crippen LogP contribution < -0.4 is 0 Å². The van der Waals surface area contributed by atoms with E-state index in [1.807, 2.05) is 0 Å². The van der Waals surface area contributed by atoms with Crippen LogP contribution in [0.1, 0.15) is 26.2 Å². The molecule has 3 rings (SSSR count). The highest BCUT2D eigenvalue weighted by atomic mass is 16.4. The maximum atomic E-state index is 12.2. The smallest absolute Gasteiger partial charge is 0.332 e. The van der Waals surface area contributed by atoms with Crippen LogP contribution in [0.25, 0.3) is 0 Å². The van der Waals surface area contributed by atoms with E-state index in [2.05, 4.69) is 0 Å². The Morgan fingerprint density at radius 3 is 2.65 bits per heavy atom. The second-order valence-electron chi connectivity index (χ2n) is 6.18. The molecule has 2 unspecified atom stereocenters. The average Bonchev–Trinajstić information content (AvgIpc) is 2.69. The summed E-state index contributed by atoms with van der Waals surface area (Å²) in [5, 5.41) is 19.2. The zero-order chi connectivity index (χ0) is 14.6. The maximum absolute atomic E-state index is 12.2. The lowest BCUT2D eigenvalue weighted by Gasteiger charge is -2.45. The normalized spacial score (nSPS) is 40.7. The molecule has 2 fully saturated rings. The number of fused-ring (bicyclic) bond motifs is 3. The van der Waals surface area contributed by atoms with Crippen LogP contribution in [0.2, 0.25) is 0 Å². The Morgan fingerprint density at radius 2 is 2.10 bits per heavy atom. The summed E-state index contributed by atoms with van der Waals surface area (Å²) in [5.74, 6) is -2.83. The fourth-order valence-electron chi connectivity index (χ4n) is 4.57. The van der Waals surface area contributed by atoms with Gasteiger partial charge in [-0.2, -0.15) is 0 Å². The number of allylic oxidation sites excluding steroid dienone is 1. The van der Waals surface area contributed by atoms with Gasteiger partial charge in [-0.3, -0.25) is 4.79 Å². The number of rotatable bonds is 3. The van der Waals surface area contributed by atoms with Crippen molar-refractivity contribution >= 4 is 18.0 Å². The first-order valence-corrected chi connectivity index (χ1v) is 7.13. The minimum Gasteiger partial charge on any atom is -0.478 e. The van der Waals surface area contributed by atoms with E-state index < -0.39 is 23.9 Å². The SMILES string of the molecule is C[C@@H](O)C1C(=O)C2C(C(=O)O)=C3[C@@H](C=O)CCC[C@@H]3[C@@H]21. The largest absolute Gasteiger partial charge is 0.478 e. The number of hydrogen-bond donors (Lipinski definition) is 2.